The van der Waals surface area contributed by atoms with Gasteiger partial charge >= 0.3 is 0 Å². The normalized spacial score (nSPS) is 20.1. The molecule has 1 amide bonds. The van der Waals surface area contributed by atoms with Gasteiger partial charge in [0.2, 0.25) is 0 Å². The van der Waals surface area contributed by atoms with Crippen LogP contribution in [-0.4, -0.2) is 17.1 Å². The average Bonchev–Trinajstić information content (AvgIpc) is 2.83. The maximum atomic E-state index is 12.3. The van der Waals surface area contributed by atoms with Gasteiger partial charge in [-0.3, -0.25) is 4.79 Å². The molecule has 4 nitrogen and oxygen atoms in total. The van der Waals surface area contributed by atoms with Gasteiger partial charge in [-0.2, -0.15) is 0 Å². The largest absolute Gasteiger partial charge is 0.390 e. The highest BCUT2D eigenvalue weighted by Gasteiger charge is 2.31. The Morgan fingerprint density at radius 3 is 2.62 bits per heavy atom. The van der Waals surface area contributed by atoms with E-state index < -0.39 is 6.10 Å². The molecule has 0 aliphatic heterocycles. The van der Waals surface area contributed by atoms with E-state index in [1.807, 2.05) is 36.4 Å². The highest BCUT2D eigenvalue weighted by molar-refractivity contribution is 5.94. The number of carbonyl (C=O) groups excluding carboxylic acids is 1. The molecule has 1 aliphatic rings. The molecule has 108 valence electrons. The van der Waals surface area contributed by atoms with E-state index in [1.165, 1.54) is 0 Å². The van der Waals surface area contributed by atoms with Gasteiger partial charge in [-0.1, -0.05) is 36.4 Å². The fourth-order valence-electron chi connectivity index (χ4n) is 2.76. The van der Waals surface area contributed by atoms with Gasteiger partial charge in [-0.15, -0.1) is 0 Å². The van der Waals surface area contributed by atoms with Gasteiger partial charge in [0.1, 0.15) is 0 Å². The van der Waals surface area contributed by atoms with Crippen molar-refractivity contribution in [2.45, 2.75) is 25.1 Å². The monoisotopic (exact) mass is 282 g/mol. The summed E-state index contributed by atoms with van der Waals surface area (Å²) in [4.78, 5) is 12.3. The predicted molar refractivity (Wildman–Crippen MR) is 80.7 cm³/mol. The number of rotatable bonds is 3. The molecule has 0 saturated heterocycles. The van der Waals surface area contributed by atoms with Crippen LogP contribution in [0.1, 0.15) is 33.1 Å². The number of aliphatic hydroxyl groups excluding tert-OH is 1. The Kier molecular flexibility index (Phi) is 3.73. The van der Waals surface area contributed by atoms with Crippen LogP contribution in [0.4, 0.5) is 0 Å². The van der Waals surface area contributed by atoms with Crippen LogP contribution in [-0.2, 0) is 13.0 Å². The highest BCUT2D eigenvalue weighted by atomic mass is 16.3. The van der Waals surface area contributed by atoms with Crippen molar-refractivity contribution in [3.05, 3.63) is 70.8 Å². The maximum Gasteiger partial charge on any atom is 0.251 e. The molecule has 21 heavy (non-hydrogen) atoms. The second-order valence-corrected chi connectivity index (χ2v) is 5.32. The van der Waals surface area contributed by atoms with Crippen LogP contribution in [0, 0.1) is 0 Å². The summed E-state index contributed by atoms with van der Waals surface area (Å²) in [6, 6.07) is 14.7. The molecule has 0 fully saturated rings. The van der Waals surface area contributed by atoms with E-state index in [9.17, 15) is 9.90 Å². The molecule has 2 atom stereocenters. The molecule has 1 aliphatic carbocycles. The van der Waals surface area contributed by atoms with E-state index in [0.717, 1.165) is 16.7 Å². The van der Waals surface area contributed by atoms with Crippen molar-refractivity contribution in [2.75, 3.05) is 0 Å². The molecule has 4 heteroatoms. The van der Waals surface area contributed by atoms with E-state index in [4.69, 9.17) is 5.73 Å². The first-order valence-corrected chi connectivity index (χ1v) is 7.05. The van der Waals surface area contributed by atoms with Crippen molar-refractivity contribution in [3.8, 4) is 0 Å². The van der Waals surface area contributed by atoms with Gasteiger partial charge in [-0.05, 0) is 28.8 Å². The minimum absolute atomic E-state index is 0.181. The van der Waals surface area contributed by atoms with Crippen molar-refractivity contribution in [3.63, 3.8) is 0 Å². The van der Waals surface area contributed by atoms with Crippen LogP contribution < -0.4 is 11.1 Å². The first-order chi connectivity index (χ1) is 10.2. The van der Waals surface area contributed by atoms with Gasteiger partial charge in [-0.25, -0.2) is 0 Å². The summed E-state index contributed by atoms with van der Waals surface area (Å²) in [5, 5.41) is 13.1. The van der Waals surface area contributed by atoms with Crippen LogP contribution in [0.25, 0.3) is 0 Å². The lowest BCUT2D eigenvalue weighted by Gasteiger charge is -2.18. The van der Waals surface area contributed by atoms with Crippen LogP contribution >= 0.6 is 0 Å². The molecular formula is C17H18N2O2. The number of aliphatic hydroxyl groups is 1. The second kappa shape index (κ2) is 5.68. The molecule has 0 saturated carbocycles. The van der Waals surface area contributed by atoms with Gasteiger partial charge in [0.25, 0.3) is 5.91 Å². The lowest BCUT2D eigenvalue weighted by Crippen LogP contribution is -2.33. The van der Waals surface area contributed by atoms with E-state index in [0.29, 0.717) is 18.5 Å². The third kappa shape index (κ3) is 2.68. The van der Waals surface area contributed by atoms with E-state index >= 15 is 0 Å². The lowest BCUT2D eigenvalue weighted by atomic mass is 10.1. The van der Waals surface area contributed by atoms with Crippen molar-refractivity contribution < 1.29 is 9.90 Å². The molecule has 2 aromatic carbocycles. The molecular weight excluding hydrogens is 264 g/mol. The summed E-state index contributed by atoms with van der Waals surface area (Å²) in [7, 11) is 0. The third-order valence-corrected chi connectivity index (χ3v) is 3.94. The molecule has 2 aromatic rings. The van der Waals surface area contributed by atoms with Gasteiger partial charge < -0.3 is 16.2 Å². The van der Waals surface area contributed by atoms with Crippen LogP contribution in [0.5, 0.6) is 0 Å². The molecule has 0 radical (unpaired) electrons. The van der Waals surface area contributed by atoms with Crippen LogP contribution in [0.2, 0.25) is 0 Å². The fourth-order valence-corrected chi connectivity index (χ4v) is 2.76. The summed E-state index contributed by atoms with van der Waals surface area (Å²) in [5.74, 6) is -0.181. The number of nitrogens with two attached hydrogens (primary N) is 1. The van der Waals surface area contributed by atoms with E-state index in [1.54, 1.807) is 12.1 Å². The summed E-state index contributed by atoms with van der Waals surface area (Å²) >= 11 is 0. The smallest absolute Gasteiger partial charge is 0.251 e. The zero-order chi connectivity index (χ0) is 14.8. The third-order valence-electron chi connectivity index (χ3n) is 3.94. The first kappa shape index (κ1) is 13.8. The summed E-state index contributed by atoms with van der Waals surface area (Å²) in [6.07, 6.45) is 0.00223. The Hall–Kier alpha value is -2.17. The van der Waals surface area contributed by atoms with Gasteiger partial charge in [0.15, 0.2) is 0 Å². The molecule has 0 spiro atoms. The molecule has 0 aromatic heterocycles. The quantitative estimate of drug-likeness (QED) is 0.799. The minimum Gasteiger partial charge on any atom is -0.390 e. The highest BCUT2D eigenvalue weighted by Crippen LogP contribution is 2.31. The van der Waals surface area contributed by atoms with Crippen LogP contribution in [0.15, 0.2) is 48.5 Å². The van der Waals surface area contributed by atoms with Crippen LogP contribution in [0.3, 0.4) is 0 Å². The molecule has 0 unspecified atom stereocenters. The lowest BCUT2D eigenvalue weighted by molar-refractivity contribution is 0.0858. The number of carbonyl (C=O) groups is 1. The minimum atomic E-state index is -0.574. The number of hydrogen-bond donors (Lipinski definition) is 3. The maximum absolute atomic E-state index is 12.3. The number of hydrogen-bond acceptors (Lipinski definition) is 3. The topological polar surface area (TPSA) is 75.4 Å². The predicted octanol–water partition coefficient (Wildman–Crippen LogP) is 1.53. The fraction of sp³-hybridized carbons (Fsp3) is 0.235. The van der Waals surface area contributed by atoms with Crippen molar-refractivity contribution in [1.29, 1.82) is 0 Å². The Balaban J connectivity index is 1.78. The van der Waals surface area contributed by atoms with E-state index in [2.05, 4.69) is 5.32 Å². The molecule has 3 rings (SSSR count). The van der Waals surface area contributed by atoms with Gasteiger partial charge in [0, 0.05) is 18.5 Å². The SMILES string of the molecule is NCc1ccc(C(=O)N[C@@H]2c3ccccc3C[C@@H]2O)cc1. The van der Waals surface area contributed by atoms with Crippen molar-refractivity contribution in [2.24, 2.45) is 5.73 Å². The summed E-state index contributed by atoms with van der Waals surface area (Å²) in [6.45, 7) is 0.455. The number of fused-ring (bicyclic) bond motifs is 1. The first-order valence-electron chi connectivity index (χ1n) is 7.05. The van der Waals surface area contributed by atoms with Crippen molar-refractivity contribution >= 4 is 5.91 Å². The van der Waals surface area contributed by atoms with Crippen molar-refractivity contribution in [1.82, 2.24) is 5.32 Å². The number of amides is 1. The molecule has 0 heterocycles. The Labute approximate surface area is 123 Å². The second-order valence-electron chi connectivity index (χ2n) is 5.32. The standard InChI is InChI=1S/C17H18N2O2/c18-10-11-5-7-12(8-6-11)17(21)19-16-14-4-2-1-3-13(14)9-15(16)20/h1-8,15-16,20H,9-10,18H2,(H,19,21)/t15-,16+/m0/s1. The number of benzene rings is 2. The number of nitrogens with one attached hydrogen (secondary N) is 1. The van der Waals surface area contributed by atoms with E-state index in [-0.39, 0.29) is 11.9 Å². The zero-order valence-electron chi connectivity index (χ0n) is 11.6. The molecule has 0 bridgehead atoms. The van der Waals surface area contributed by atoms with Gasteiger partial charge in [0.05, 0.1) is 12.1 Å². The summed E-state index contributed by atoms with van der Waals surface area (Å²) < 4.78 is 0. The zero-order valence-corrected chi connectivity index (χ0v) is 11.6. The summed E-state index contributed by atoms with van der Waals surface area (Å²) in [5.41, 5.74) is 9.19. The Morgan fingerprint density at radius 2 is 1.90 bits per heavy atom. The average molecular weight is 282 g/mol. The Bertz CT molecular complexity index is 652. The molecule has 4 N–H and O–H groups in total. The Morgan fingerprint density at radius 1 is 1.19 bits per heavy atom.